The van der Waals surface area contributed by atoms with Gasteiger partial charge in [-0.2, -0.15) is 0 Å². The van der Waals surface area contributed by atoms with Crippen molar-refractivity contribution in [2.75, 3.05) is 18.1 Å². The Kier molecular flexibility index (Phi) is 8.19. The van der Waals surface area contributed by atoms with Crippen LogP contribution in [0.3, 0.4) is 0 Å². The quantitative estimate of drug-likeness (QED) is 0.519. The minimum Gasteiger partial charge on any atom is -0.355 e. The summed E-state index contributed by atoms with van der Waals surface area (Å²) in [7, 11) is 0. The van der Waals surface area contributed by atoms with Gasteiger partial charge in [-0.25, -0.2) is 0 Å². The average molecular weight is 370 g/mol. The molecule has 2 rings (SSSR count). The van der Waals surface area contributed by atoms with Crippen LogP contribution < -0.4 is 5.32 Å². The first-order chi connectivity index (χ1) is 11.1. The Balaban J connectivity index is 1.62. The molecule has 0 atom stereocenters. The summed E-state index contributed by atoms with van der Waals surface area (Å²) in [4.78, 5) is 11.9. The third kappa shape index (κ3) is 7.54. The molecule has 0 bridgehead atoms. The highest BCUT2D eigenvalue weighted by Crippen LogP contribution is 2.29. The van der Waals surface area contributed by atoms with Crippen molar-refractivity contribution in [3.8, 4) is 0 Å². The smallest absolute Gasteiger partial charge is 0.230 e. The maximum absolute atomic E-state index is 11.9. The van der Waals surface area contributed by atoms with Crippen molar-refractivity contribution in [1.82, 2.24) is 15.5 Å². The van der Waals surface area contributed by atoms with Crippen molar-refractivity contribution in [3.05, 3.63) is 23.8 Å². The van der Waals surface area contributed by atoms with Crippen LogP contribution in [0.2, 0.25) is 0 Å². The van der Waals surface area contributed by atoms with E-state index in [2.05, 4.69) is 28.2 Å². The van der Waals surface area contributed by atoms with Gasteiger partial charge in [0.1, 0.15) is 0 Å². The molecule has 126 valence electrons. The molecule has 1 amide bonds. The number of carbonyl (C=O) groups is 1. The first kappa shape index (κ1) is 18.5. The van der Waals surface area contributed by atoms with E-state index in [9.17, 15) is 4.79 Å². The highest BCUT2D eigenvalue weighted by atomic mass is 32.2. The molecule has 1 aromatic heterocycles. The van der Waals surface area contributed by atoms with Crippen molar-refractivity contribution < 1.29 is 4.79 Å². The number of nitrogens with one attached hydrogen (secondary N) is 1. The van der Waals surface area contributed by atoms with Crippen LogP contribution in [0, 0.1) is 0 Å². The number of carbonyl (C=O) groups excluding carboxylic acids is 1. The van der Waals surface area contributed by atoms with Crippen molar-refractivity contribution in [2.24, 2.45) is 0 Å². The van der Waals surface area contributed by atoms with Gasteiger partial charge >= 0.3 is 0 Å². The Morgan fingerprint density at radius 2 is 2.04 bits per heavy atom. The SMILES string of the molecule is C=C(C)CSc1nnc(SCC(=O)NCCC2=CCCCC2)s1. The van der Waals surface area contributed by atoms with Gasteiger partial charge in [0.2, 0.25) is 5.91 Å². The third-order valence-corrected chi connectivity index (χ3v) is 6.73. The molecule has 1 N–H and O–H groups in total. The van der Waals surface area contributed by atoms with Crippen LogP contribution in [0.5, 0.6) is 0 Å². The summed E-state index contributed by atoms with van der Waals surface area (Å²) in [5.74, 6) is 1.33. The molecule has 0 radical (unpaired) electrons. The van der Waals surface area contributed by atoms with E-state index in [1.807, 2.05) is 6.92 Å². The van der Waals surface area contributed by atoms with Crippen LogP contribution in [0.15, 0.2) is 32.5 Å². The second-order valence-corrected chi connectivity index (χ2v) is 9.00. The van der Waals surface area contributed by atoms with Gasteiger partial charge in [-0.15, -0.1) is 10.2 Å². The molecular weight excluding hydrogens is 346 g/mol. The Labute approximate surface area is 150 Å². The van der Waals surface area contributed by atoms with Crippen molar-refractivity contribution in [1.29, 1.82) is 0 Å². The largest absolute Gasteiger partial charge is 0.355 e. The zero-order valence-corrected chi connectivity index (χ0v) is 15.9. The van der Waals surface area contributed by atoms with E-state index in [-0.39, 0.29) is 5.91 Å². The van der Waals surface area contributed by atoms with E-state index in [1.54, 1.807) is 11.8 Å². The Morgan fingerprint density at radius 1 is 1.30 bits per heavy atom. The molecular formula is C16H23N3OS3. The number of hydrogen-bond acceptors (Lipinski definition) is 6. The number of aromatic nitrogens is 2. The molecule has 0 unspecified atom stereocenters. The highest BCUT2D eigenvalue weighted by Gasteiger charge is 2.09. The summed E-state index contributed by atoms with van der Waals surface area (Å²) in [5, 5.41) is 11.2. The molecule has 1 aliphatic carbocycles. The molecule has 4 nitrogen and oxygen atoms in total. The summed E-state index contributed by atoms with van der Waals surface area (Å²) in [6.07, 6.45) is 8.30. The molecule has 0 aliphatic heterocycles. The van der Waals surface area contributed by atoms with Crippen LogP contribution >= 0.6 is 34.9 Å². The van der Waals surface area contributed by atoms with Gasteiger partial charge in [-0.1, -0.05) is 58.7 Å². The number of amides is 1. The fourth-order valence-electron chi connectivity index (χ4n) is 2.17. The monoisotopic (exact) mass is 369 g/mol. The lowest BCUT2D eigenvalue weighted by Crippen LogP contribution is -2.26. The number of rotatable bonds is 9. The van der Waals surface area contributed by atoms with E-state index in [1.165, 1.54) is 54.4 Å². The van der Waals surface area contributed by atoms with Crippen LogP contribution in [-0.2, 0) is 4.79 Å². The average Bonchev–Trinajstić information content (AvgIpc) is 3.00. The summed E-state index contributed by atoms with van der Waals surface area (Å²) >= 11 is 4.63. The number of hydrogen-bond donors (Lipinski definition) is 1. The van der Waals surface area contributed by atoms with Crippen LogP contribution in [0.4, 0.5) is 0 Å². The molecule has 23 heavy (non-hydrogen) atoms. The minimum atomic E-state index is 0.0674. The molecule has 0 aromatic carbocycles. The van der Waals surface area contributed by atoms with Crippen LogP contribution in [0.25, 0.3) is 0 Å². The zero-order chi connectivity index (χ0) is 16.5. The zero-order valence-electron chi connectivity index (χ0n) is 13.5. The van der Waals surface area contributed by atoms with Gasteiger partial charge in [0.25, 0.3) is 0 Å². The lowest BCUT2D eigenvalue weighted by molar-refractivity contribution is -0.118. The summed E-state index contributed by atoms with van der Waals surface area (Å²) in [5.41, 5.74) is 2.61. The standard InChI is InChI=1S/C16H23N3OS3/c1-12(2)10-21-15-18-19-16(23-15)22-11-14(20)17-9-8-13-6-4-3-5-7-13/h6H,1,3-5,7-11H2,2H3,(H,17,20). The van der Waals surface area contributed by atoms with Gasteiger partial charge in [0.05, 0.1) is 5.75 Å². The Bertz CT molecular complexity index is 569. The molecule has 0 spiro atoms. The van der Waals surface area contributed by atoms with Gasteiger partial charge in [0, 0.05) is 12.3 Å². The summed E-state index contributed by atoms with van der Waals surface area (Å²) in [6, 6.07) is 0. The predicted octanol–water partition coefficient (Wildman–Crippen LogP) is 4.31. The fraction of sp³-hybridized carbons (Fsp3) is 0.562. The second kappa shape index (κ2) is 10.2. The van der Waals surface area contributed by atoms with E-state index in [4.69, 9.17) is 0 Å². The Hall–Kier alpha value is -0.790. The second-order valence-electron chi connectivity index (χ2n) is 5.58. The number of nitrogens with zero attached hydrogens (tertiary/aromatic N) is 2. The summed E-state index contributed by atoms with van der Waals surface area (Å²) < 4.78 is 1.78. The van der Waals surface area contributed by atoms with Crippen molar-refractivity contribution >= 4 is 40.8 Å². The number of allylic oxidation sites excluding steroid dienone is 1. The van der Waals surface area contributed by atoms with E-state index < -0.39 is 0 Å². The van der Waals surface area contributed by atoms with Gasteiger partial charge in [-0.05, 0) is 39.0 Å². The minimum absolute atomic E-state index is 0.0674. The molecule has 0 fully saturated rings. The van der Waals surface area contributed by atoms with E-state index in [0.29, 0.717) is 5.75 Å². The highest BCUT2D eigenvalue weighted by molar-refractivity contribution is 8.03. The molecule has 1 aliphatic rings. The van der Waals surface area contributed by atoms with Gasteiger partial charge < -0.3 is 5.32 Å². The van der Waals surface area contributed by atoms with Gasteiger partial charge in [0.15, 0.2) is 8.68 Å². The lowest BCUT2D eigenvalue weighted by Gasteiger charge is -2.12. The normalized spacial score (nSPS) is 14.4. The molecule has 1 aromatic rings. The third-order valence-electron chi connectivity index (χ3n) is 3.31. The molecule has 0 saturated carbocycles. The maximum Gasteiger partial charge on any atom is 0.230 e. The van der Waals surface area contributed by atoms with Crippen LogP contribution in [0.1, 0.15) is 39.0 Å². The first-order valence-electron chi connectivity index (χ1n) is 7.81. The maximum atomic E-state index is 11.9. The number of thioether (sulfide) groups is 2. The van der Waals surface area contributed by atoms with E-state index >= 15 is 0 Å². The topological polar surface area (TPSA) is 54.9 Å². The van der Waals surface area contributed by atoms with Crippen molar-refractivity contribution in [3.63, 3.8) is 0 Å². The van der Waals surface area contributed by atoms with Gasteiger partial charge in [-0.3, -0.25) is 4.79 Å². The lowest BCUT2D eigenvalue weighted by atomic mass is 9.97. The van der Waals surface area contributed by atoms with Crippen LogP contribution in [-0.4, -0.2) is 34.2 Å². The van der Waals surface area contributed by atoms with Crippen molar-refractivity contribution in [2.45, 2.75) is 47.7 Å². The summed E-state index contributed by atoms with van der Waals surface area (Å²) in [6.45, 7) is 6.61. The fourth-order valence-corrected chi connectivity index (χ4v) is 4.86. The molecule has 1 heterocycles. The van der Waals surface area contributed by atoms with E-state index in [0.717, 1.165) is 33.0 Å². The Morgan fingerprint density at radius 3 is 2.70 bits per heavy atom. The molecule has 7 heteroatoms. The predicted molar refractivity (Wildman–Crippen MR) is 100 cm³/mol. The molecule has 0 saturated heterocycles. The first-order valence-corrected chi connectivity index (χ1v) is 10.6.